The molecule has 0 unspecified atom stereocenters. The lowest BCUT2D eigenvalue weighted by Gasteiger charge is -2.15. The van der Waals surface area contributed by atoms with E-state index in [4.69, 9.17) is 5.11 Å². The van der Waals surface area contributed by atoms with Crippen molar-refractivity contribution >= 4 is 16.9 Å². The summed E-state index contributed by atoms with van der Waals surface area (Å²) in [6.45, 7) is 5.11. The molecule has 1 fully saturated rings. The molecule has 1 heterocycles. The standard InChI is InChI=1S/C16H20N2O2/c1-10(2)18-14(9-17-13-5-6-13)7-11-3-4-12(16(19)20)8-15(11)18/h3-4,7-8,10,13,17H,5-6,9H2,1-2H3,(H,19,20). The van der Waals surface area contributed by atoms with Gasteiger partial charge < -0.3 is 15.0 Å². The van der Waals surface area contributed by atoms with Crippen LogP contribution < -0.4 is 5.32 Å². The van der Waals surface area contributed by atoms with E-state index < -0.39 is 5.97 Å². The Hall–Kier alpha value is -1.81. The first-order valence-corrected chi connectivity index (χ1v) is 7.17. The van der Waals surface area contributed by atoms with Crippen LogP contribution in [0.25, 0.3) is 10.9 Å². The molecule has 1 aliphatic carbocycles. The lowest BCUT2D eigenvalue weighted by Crippen LogP contribution is -2.18. The van der Waals surface area contributed by atoms with Crippen LogP contribution in [0.1, 0.15) is 48.8 Å². The van der Waals surface area contributed by atoms with Crippen LogP contribution in [0.15, 0.2) is 24.3 Å². The molecule has 0 radical (unpaired) electrons. The number of fused-ring (bicyclic) bond motifs is 1. The van der Waals surface area contributed by atoms with Crippen LogP contribution in [0.3, 0.4) is 0 Å². The number of nitrogens with one attached hydrogen (secondary N) is 1. The molecule has 0 atom stereocenters. The number of rotatable bonds is 5. The second-order valence-electron chi connectivity index (χ2n) is 5.83. The van der Waals surface area contributed by atoms with Crippen molar-refractivity contribution in [2.45, 2.75) is 45.3 Å². The third-order valence-electron chi connectivity index (χ3n) is 3.83. The van der Waals surface area contributed by atoms with Crippen LogP contribution in [0.5, 0.6) is 0 Å². The Morgan fingerprint density at radius 1 is 1.40 bits per heavy atom. The first-order valence-electron chi connectivity index (χ1n) is 7.17. The predicted octanol–water partition coefficient (Wildman–Crippen LogP) is 3.17. The second-order valence-corrected chi connectivity index (χ2v) is 5.83. The smallest absolute Gasteiger partial charge is 0.335 e. The Kier molecular flexibility index (Phi) is 3.26. The van der Waals surface area contributed by atoms with Gasteiger partial charge in [-0.25, -0.2) is 4.79 Å². The highest BCUT2D eigenvalue weighted by Crippen LogP contribution is 2.26. The zero-order valence-electron chi connectivity index (χ0n) is 11.9. The van der Waals surface area contributed by atoms with Crippen LogP contribution in [0.2, 0.25) is 0 Å². The molecular weight excluding hydrogens is 252 g/mol. The molecule has 0 spiro atoms. The number of carbonyl (C=O) groups is 1. The number of hydrogen-bond donors (Lipinski definition) is 2. The fourth-order valence-electron chi connectivity index (χ4n) is 2.69. The Morgan fingerprint density at radius 3 is 2.75 bits per heavy atom. The molecule has 3 rings (SSSR count). The van der Waals surface area contributed by atoms with Crippen molar-refractivity contribution in [1.82, 2.24) is 9.88 Å². The molecule has 0 aliphatic heterocycles. The minimum atomic E-state index is -0.874. The number of aromatic nitrogens is 1. The van der Waals surface area contributed by atoms with Gasteiger partial charge in [0.25, 0.3) is 0 Å². The minimum Gasteiger partial charge on any atom is -0.478 e. The number of benzene rings is 1. The first kappa shape index (κ1) is 13.2. The van der Waals surface area contributed by atoms with Crippen molar-refractivity contribution in [3.05, 3.63) is 35.5 Å². The Bertz CT molecular complexity index is 654. The maximum absolute atomic E-state index is 11.1. The maximum Gasteiger partial charge on any atom is 0.335 e. The summed E-state index contributed by atoms with van der Waals surface area (Å²) in [5.74, 6) is -0.874. The molecule has 4 heteroatoms. The Morgan fingerprint density at radius 2 is 2.15 bits per heavy atom. The van der Waals surface area contributed by atoms with Gasteiger partial charge in [-0.2, -0.15) is 0 Å². The first-order chi connectivity index (χ1) is 9.56. The Labute approximate surface area is 118 Å². The Balaban J connectivity index is 2.04. The van der Waals surface area contributed by atoms with Gasteiger partial charge in [-0.15, -0.1) is 0 Å². The van der Waals surface area contributed by atoms with Gasteiger partial charge in [-0.3, -0.25) is 0 Å². The highest BCUT2D eigenvalue weighted by Gasteiger charge is 2.21. The fraction of sp³-hybridized carbons (Fsp3) is 0.438. The van der Waals surface area contributed by atoms with Crippen molar-refractivity contribution in [2.75, 3.05) is 0 Å². The van der Waals surface area contributed by atoms with Crippen LogP contribution in [0.4, 0.5) is 0 Å². The van der Waals surface area contributed by atoms with E-state index >= 15 is 0 Å². The van der Waals surface area contributed by atoms with E-state index in [1.165, 1.54) is 18.5 Å². The van der Waals surface area contributed by atoms with Gasteiger partial charge in [0.15, 0.2) is 0 Å². The molecule has 0 bridgehead atoms. The van der Waals surface area contributed by atoms with E-state index in [1.807, 2.05) is 6.07 Å². The monoisotopic (exact) mass is 272 g/mol. The molecule has 1 aromatic carbocycles. The molecule has 0 amide bonds. The topological polar surface area (TPSA) is 54.3 Å². The fourth-order valence-corrected chi connectivity index (χ4v) is 2.69. The average Bonchev–Trinajstić information content (AvgIpc) is 3.14. The molecule has 106 valence electrons. The molecule has 2 aromatic rings. The molecule has 20 heavy (non-hydrogen) atoms. The summed E-state index contributed by atoms with van der Waals surface area (Å²) in [7, 11) is 0. The van der Waals surface area contributed by atoms with Crippen LogP contribution >= 0.6 is 0 Å². The van der Waals surface area contributed by atoms with E-state index in [1.54, 1.807) is 12.1 Å². The number of nitrogens with zero attached hydrogens (tertiary/aromatic N) is 1. The van der Waals surface area contributed by atoms with Crippen LogP contribution in [-0.2, 0) is 6.54 Å². The molecule has 1 aromatic heterocycles. The predicted molar refractivity (Wildman–Crippen MR) is 79.1 cm³/mol. The quantitative estimate of drug-likeness (QED) is 0.879. The summed E-state index contributed by atoms with van der Waals surface area (Å²) in [6.07, 6.45) is 2.54. The highest BCUT2D eigenvalue weighted by molar-refractivity contribution is 5.93. The summed E-state index contributed by atoms with van der Waals surface area (Å²) in [5, 5.41) is 13.8. The highest BCUT2D eigenvalue weighted by atomic mass is 16.4. The van der Waals surface area contributed by atoms with E-state index in [0.717, 1.165) is 17.4 Å². The molecular formula is C16H20N2O2. The average molecular weight is 272 g/mol. The van der Waals surface area contributed by atoms with Gasteiger partial charge in [0.1, 0.15) is 0 Å². The molecule has 1 saturated carbocycles. The van der Waals surface area contributed by atoms with Crippen molar-refractivity contribution in [2.24, 2.45) is 0 Å². The summed E-state index contributed by atoms with van der Waals surface area (Å²) < 4.78 is 2.23. The van der Waals surface area contributed by atoms with E-state index in [0.29, 0.717) is 17.6 Å². The molecule has 2 N–H and O–H groups in total. The summed E-state index contributed by atoms with van der Waals surface area (Å²) in [5.41, 5.74) is 2.58. The zero-order valence-corrected chi connectivity index (χ0v) is 11.9. The van der Waals surface area contributed by atoms with Gasteiger partial charge in [-0.05, 0) is 50.3 Å². The third kappa shape index (κ3) is 2.43. The van der Waals surface area contributed by atoms with Gasteiger partial charge in [0, 0.05) is 29.8 Å². The summed E-state index contributed by atoms with van der Waals surface area (Å²) >= 11 is 0. The number of hydrogen-bond acceptors (Lipinski definition) is 2. The summed E-state index contributed by atoms with van der Waals surface area (Å²) in [4.78, 5) is 11.1. The maximum atomic E-state index is 11.1. The molecule has 4 nitrogen and oxygen atoms in total. The van der Waals surface area contributed by atoms with Crippen molar-refractivity contribution < 1.29 is 9.90 Å². The van der Waals surface area contributed by atoms with Gasteiger partial charge in [0.05, 0.1) is 5.56 Å². The second kappa shape index (κ2) is 4.94. The van der Waals surface area contributed by atoms with Crippen molar-refractivity contribution in [3.63, 3.8) is 0 Å². The van der Waals surface area contributed by atoms with Crippen LogP contribution in [0, 0.1) is 0 Å². The largest absolute Gasteiger partial charge is 0.478 e. The van der Waals surface area contributed by atoms with Crippen molar-refractivity contribution in [1.29, 1.82) is 0 Å². The van der Waals surface area contributed by atoms with Gasteiger partial charge in [-0.1, -0.05) is 6.07 Å². The normalized spacial score (nSPS) is 15.2. The number of aromatic carboxylic acids is 1. The number of carboxylic acid groups (broad SMARTS) is 1. The van der Waals surface area contributed by atoms with E-state index in [9.17, 15) is 4.79 Å². The van der Waals surface area contributed by atoms with Gasteiger partial charge >= 0.3 is 5.97 Å². The molecule has 1 aliphatic rings. The van der Waals surface area contributed by atoms with E-state index in [2.05, 4.69) is 29.8 Å². The minimum absolute atomic E-state index is 0.313. The van der Waals surface area contributed by atoms with E-state index in [-0.39, 0.29) is 0 Å². The van der Waals surface area contributed by atoms with Crippen molar-refractivity contribution in [3.8, 4) is 0 Å². The number of carboxylic acids is 1. The molecule has 0 saturated heterocycles. The summed E-state index contributed by atoms with van der Waals surface area (Å²) in [6, 6.07) is 8.50. The SMILES string of the molecule is CC(C)n1c(CNC2CC2)cc2ccc(C(=O)O)cc21. The third-order valence-corrected chi connectivity index (χ3v) is 3.83. The lowest BCUT2D eigenvalue weighted by atomic mass is 10.1. The lowest BCUT2D eigenvalue weighted by molar-refractivity contribution is 0.0697. The van der Waals surface area contributed by atoms with Crippen LogP contribution in [-0.4, -0.2) is 21.7 Å². The van der Waals surface area contributed by atoms with Gasteiger partial charge in [0.2, 0.25) is 0 Å². The zero-order chi connectivity index (χ0) is 14.3.